The lowest BCUT2D eigenvalue weighted by molar-refractivity contribution is -0.144. The van der Waals surface area contributed by atoms with Crippen LogP contribution in [0.5, 0.6) is 0 Å². The molecule has 1 aromatic rings. The van der Waals surface area contributed by atoms with Crippen LogP contribution >= 0.6 is 11.3 Å². The molecule has 2 N–H and O–H groups in total. The van der Waals surface area contributed by atoms with E-state index in [4.69, 9.17) is 0 Å². The minimum atomic E-state index is -0.714. The molecule has 0 bridgehead atoms. The molecule has 1 heterocycles. The number of carbonyl (C=O) groups is 3. The molecule has 0 aliphatic heterocycles. The summed E-state index contributed by atoms with van der Waals surface area (Å²) in [5.74, 6) is -1.04. The van der Waals surface area contributed by atoms with E-state index in [0.717, 1.165) is 4.88 Å². The van der Waals surface area contributed by atoms with Crippen molar-refractivity contribution in [3.63, 3.8) is 0 Å². The number of rotatable bonds is 6. The zero-order valence-electron chi connectivity index (χ0n) is 11.6. The number of nitrogens with one attached hydrogen (secondary N) is 2. The molecule has 0 fully saturated rings. The molecule has 0 saturated carbocycles. The van der Waals surface area contributed by atoms with Gasteiger partial charge in [0, 0.05) is 11.8 Å². The summed E-state index contributed by atoms with van der Waals surface area (Å²) in [6.07, 6.45) is 0.0709. The maximum absolute atomic E-state index is 11.9. The standard InChI is InChI=1S/C13H18N2O4S/c1-8(13(18)19-3)14-12(17)7-10(15-9(2)16)11-5-4-6-20-11/h4-6,8,10H,7H2,1-3H3,(H,14,17)(H,15,16). The van der Waals surface area contributed by atoms with Crippen LogP contribution < -0.4 is 10.6 Å². The number of thiophene rings is 1. The van der Waals surface area contributed by atoms with Crippen molar-refractivity contribution in [2.45, 2.75) is 32.4 Å². The van der Waals surface area contributed by atoms with Crippen LogP contribution in [0.15, 0.2) is 17.5 Å². The lowest BCUT2D eigenvalue weighted by Gasteiger charge is -2.17. The van der Waals surface area contributed by atoms with Crippen LogP contribution in [0.3, 0.4) is 0 Å². The molecule has 0 saturated heterocycles. The largest absolute Gasteiger partial charge is 0.467 e. The van der Waals surface area contributed by atoms with Gasteiger partial charge in [0.25, 0.3) is 0 Å². The highest BCUT2D eigenvalue weighted by Crippen LogP contribution is 2.21. The van der Waals surface area contributed by atoms with Gasteiger partial charge in [0.1, 0.15) is 6.04 Å². The van der Waals surface area contributed by atoms with Crippen molar-refractivity contribution < 1.29 is 19.1 Å². The second-order valence-electron chi connectivity index (χ2n) is 4.29. The van der Waals surface area contributed by atoms with Crippen molar-refractivity contribution in [1.82, 2.24) is 10.6 Å². The Morgan fingerprint density at radius 2 is 2.05 bits per heavy atom. The average Bonchev–Trinajstić information content (AvgIpc) is 2.90. The van der Waals surface area contributed by atoms with Crippen LogP contribution in [0.4, 0.5) is 0 Å². The van der Waals surface area contributed by atoms with E-state index in [0.29, 0.717) is 0 Å². The predicted octanol–water partition coefficient (Wildman–Crippen LogP) is 0.993. The van der Waals surface area contributed by atoms with Crippen LogP contribution in [0.25, 0.3) is 0 Å². The molecular formula is C13H18N2O4S. The normalized spacial score (nSPS) is 13.2. The fourth-order valence-electron chi connectivity index (χ4n) is 1.68. The summed E-state index contributed by atoms with van der Waals surface area (Å²) in [7, 11) is 1.26. The summed E-state index contributed by atoms with van der Waals surface area (Å²) in [5, 5.41) is 7.13. The van der Waals surface area contributed by atoms with Gasteiger partial charge in [-0.2, -0.15) is 0 Å². The van der Waals surface area contributed by atoms with E-state index >= 15 is 0 Å². The Morgan fingerprint density at radius 3 is 2.55 bits per heavy atom. The molecule has 2 amide bonds. The van der Waals surface area contributed by atoms with E-state index in [2.05, 4.69) is 15.4 Å². The molecule has 2 unspecified atom stereocenters. The van der Waals surface area contributed by atoms with Crippen molar-refractivity contribution >= 4 is 29.1 Å². The Morgan fingerprint density at radius 1 is 1.35 bits per heavy atom. The number of ether oxygens (including phenoxy) is 1. The molecule has 110 valence electrons. The van der Waals surface area contributed by atoms with Gasteiger partial charge in [0.15, 0.2) is 0 Å². The molecule has 0 radical (unpaired) electrons. The topological polar surface area (TPSA) is 84.5 Å². The highest BCUT2D eigenvalue weighted by molar-refractivity contribution is 7.10. The minimum absolute atomic E-state index is 0.0709. The third-order valence-electron chi connectivity index (χ3n) is 2.59. The quantitative estimate of drug-likeness (QED) is 0.767. The Balaban J connectivity index is 2.63. The summed E-state index contributed by atoms with van der Waals surface area (Å²) in [5.41, 5.74) is 0. The number of amides is 2. The van der Waals surface area contributed by atoms with Crippen molar-refractivity contribution in [3.05, 3.63) is 22.4 Å². The molecule has 0 spiro atoms. The highest BCUT2D eigenvalue weighted by atomic mass is 32.1. The fraction of sp³-hybridized carbons (Fsp3) is 0.462. The predicted molar refractivity (Wildman–Crippen MR) is 75.1 cm³/mol. The number of esters is 1. The summed E-state index contributed by atoms with van der Waals surface area (Å²) in [6, 6.07) is 2.60. The van der Waals surface area contributed by atoms with Gasteiger partial charge in [-0.3, -0.25) is 9.59 Å². The molecule has 0 aromatic carbocycles. The first-order chi connectivity index (χ1) is 9.43. The van der Waals surface area contributed by atoms with Crippen molar-refractivity contribution in [3.8, 4) is 0 Å². The van der Waals surface area contributed by atoms with Gasteiger partial charge in [-0.15, -0.1) is 11.3 Å². The lowest BCUT2D eigenvalue weighted by Crippen LogP contribution is -2.41. The SMILES string of the molecule is COC(=O)C(C)NC(=O)CC(NC(C)=O)c1cccs1. The molecule has 1 rings (SSSR count). The van der Waals surface area contributed by atoms with Gasteiger partial charge in [0.05, 0.1) is 19.6 Å². The Labute approximate surface area is 121 Å². The van der Waals surface area contributed by atoms with Gasteiger partial charge in [-0.25, -0.2) is 4.79 Å². The van der Waals surface area contributed by atoms with E-state index in [-0.39, 0.29) is 18.2 Å². The van der Waals surface area contributed by atoms with Crippen molar-refractivity contribution in [2.75, 3.05) is 7.11 Å². The van der Waals surface area contributed by atoms with Crippen LogP contribution in [0.2, 0.25) is 0 Å². The van der Waals surface area contributed by atoms with Gasteiger partial charge in [-0.1, -0.05) is 6.07 Å². The van der Waals surface area contributed by atoms with E-state index in [1.54, 1.807) is 6.92 Å². The van der Waals surface area contributed by atoms with E-state index in [1.807, 2.05) is 17.5 Å². The van der Waals surface area contributed by atoms with Gasteiger partial charge < -0.3 is 15.4 Å². The summed E-state index contributed by atoms with van der Waals surface area (Å²) in [6.45, 7) is 2.94. The summed E-state index contributed by atoms with van der Waals surface area (Å²) < 4.78 is 4.53. The zero-order chi connectivity index (χ0) is 15.1. The Hall–Kier alpha value is -1.89. The van der Waals surface area contributed by atoms with E-state index in [9.17, 15) is 14.4 Å². The molecule has 0 aliphatic rings. The first-order valence-corrected chi connectivity index (χ1v) is 6.99. The molecule has 1 aromatic heterocycles. The molecular weight excluding hydrogens is 280 g/mol. The molecule has 6 nitrogen and oxygen atoms in total. The van der Waals surface area contributed by atoms with Gasteiger partial charge in [0.2, 0.25) is 11.8 Å². The second-order valence-corrected chi connectivity index (χ2v) is 5.26. The Bertz CT molecular complexity index is 473. The number of methoxy groups -OCH3 is 1. The van der Waals surface area contributed by atoms with Crippen molar-refractivity contribution in [2.24, 2.45) is 0 Å². The smallest absolute Gasteiger partial charge is 0.328 e. The molecule has 7 heteroatoms. The second kappa shape index (κ2) is 7.64. The molecule has 20 heavy (non-hydrogen) atoms. The number of hydrogen-bond acceptors (Lipinski definition) is 5. The van der Waals surface area contributed by atoms with Gasteiger partial charge >= 0.3 is 5.97 Å². The van der Waals surface area contributed by atoms with Crippen LogP contribution in [0, 0.1) is 0 Å². The lowest BCUT2D eigenvalue weighted by atomic mass is 10.1. The monoisotopic (exact) mass is 298 g/mol. The van der Waals surface area contributed by atoms with Crippen LogP contribution in [0.1, 0.15) is 31.2 Å². The van der Waals surface area contributed by atoms with Crippen LogP contribution in [-0.4, -0.2) is 30.9 Å². The first-order valence-electron chi connectivity index (χ1n) is 6.11. The molecule has 2 atom stereocenters. The molecule has 0 aliphatic carbocycles. The maximum Gasteiger partial charge on any atom is 0.328 e. The maximum atomic E-state index is 11.9. The Kier molecular flexibility index (Phi) is 6.17. The van der Waals surface area contributed by atoms with E-state index < -0.39 is 18.1 Å². The van der Waals surface area contributed by atoms with Crippen molar-refractivity contribution in [1.29, 1.82) is 0 Å². The third kappa shape index (κ3) is 5.00. The number of hydrogen-bond donors (Lipinski definition) is 2. The highest BCUT2D eigenvalue weighted by Gasteiger charge is 2.21. The first kappa shape index (κ1) is 16.2. The van der Waals surface area contributed by atoms with E-state index in [1.165, 1.54) is 25.4 Å². The zero-order valence-corrected chi connectivity index (χ0v) is 12.5. The van der Waals surface area contributed by atoms with Crippen LogP contribution in [-0.2, 0) is 19.1 Å². The van der Waals surface area contributed by atoms with Gasteiger partial charge in [-0.05, 0) is 18.4 Å². The minimum Gasteiger partial charge on any atom is -0.467 e. The summed E-state index contributed by atoms with van der Waals surface area (Å²) in [4.78, 5) is 35.2. The number of carbonyl (C=O) groups excluding carboxylic acids is 3. The third-order valence-corrected chi connectivity index (χ3v) is 3.57. The average molecular weight is 298 g/mol. The fourth-order valence-corrected chi connectivity index (χ4v) is 2.46. The summed E-state index contributed by atoms with van der Waals surface area (Å²) >= 11 is 1.46.